The summed E-state index contributed by atoms with van der Waals surface area (Å²) in [5, 5.41) is 3.58. The van der Waals surface area contributed by atoms with Crippen LogP contribution in [0.3, 0.4) is 0 Å². The fourth-order valence-electron chi connectivity index (χ4n) is 0.883. The van der Waals surface area contributed by atoms with Gasteiger partial charge in [-0.2, -0.15) is 0 Å². The highest BCUT2D eigenvalue weighted by atomic mass is 79.9. The number of alkyl halides is 2. The Bertz CT molecular complexity index is 292. The van der Waals surface area contributed by atoms with E-state index in [0.717, 1.165) is 17.4 Å². The van der Waals surface area contributed by atoms with Gasteiger partial charge in [-0.25, -0.2) is 0 Å². The molecule has 0 fully saturated rings. The molecule has 14 heavy (non-hydrogen) atoms. The highest BCUT2D eigenvalue weighted by Crippen LogP contribution is 2.11. The second-order valence-electron chi connectivity index (χ2n) is 2.67. The zero-order valence-electron chi connectivity index (χ0n) is 7.41. The Hall–Kier alpha value is -0.420. The molecule has 1 N–H and O–H groups in total. The number of hydrogen-bond donors (Lipinski definition) is 1. The zero-order valence-corrected chi connectivity index (χ0v) is 10.6. The lowest BCUT2D eigenvalue weighted by molar-refractivity contribution is -0.115. The number of rotatable bonds is 4. The van der Waals surface area contributed by atoms with Crippen LogP contribution >= 0.6 is 31.9 Å². The lowest BCUT2D eigenvalue weighted by atomic mass is 10.3. The van der Waals surface area contributed by atoms with Gasteiger partial charge in [0.1, 0.15) is 0 Å². The molecule has 0 saturated carbocycles. The van der Waals surface area contributed by atoms with Crippen LogP contribution in [0.15, 0.2) is 24.5 Å². The van der Waals surface area contributed by atoms with Crippen LogP contribution in [0.1, 0.15) is 6.42 Å². The topological polar surface area (TPSA) is 42.0 Å². The molecule has 1 rings (SSSR count). The average molecular weight is 322 g/mol. The van der Waals surface area contributed by atoms with Gasteiger partial charge in [-0.1, -0.05) is 31.9 Å². The van der Waals surface area contributed by atoms with Crippen LogP contribution in [0.4, 0.5) is 5.69 Å². The first kappa shape index (κ1) is 11.7. The Balaban J connectivity index is 2.49. The molecule has 1 atom stereocenters. The molecule has 76 valence electrons. The van der Waals surface area contributed by atoms with Crippen molar-refractivity contribution in [2.75, 3.05) is 10.6 Å². The maximum Gasteiger partial charge on any atom is 0.238 e. The summed E-state index contributed by atoms with van der Waals surface area (Å²) in [7, 11) is 0. The molecule has 5 heteroatoms. The number of halogens is 2. The van der Waals surface area contributed by atoms with Gasteiger partial charge in [0.25, 0.3) is 0 Å². The third-order valence-corrected chi connectivity index (χ3v) is 2.93. The van der Waals surface area contributed by atoms with Crippen LogP contribution in [0, 0.1) is 0 Å². The Morgan fingerprint density at radius 3 is 2.71 bits per heavy atom. The third kappa shape index (κ3) is 3.75. The molecule has 0 aliphatic carbocycles. The third-order valence-electron chi connectivity index (χ3n) is 1.59. The first-order valence-electron chi connectivity index (χ1n) is 4.15. The highest BCUT2D eigenvalue weighted by molar-refractivity contribution is 9.10. The summed E-state index contributed by atoms with van der Waals surface area (Å²) >= 11 is 6.59. The number of pyridine rings is 1. The SMILES string of the molecule is O=C(Nc1ccncc1)[C@H](Br)CCBr. The molecule has 1 aromatic rings. The van der Waals surface area contributed by atoms with E-state index < -0.39 is 0 Å². The van der Waals surface area contributed by atoms with Gasteiger partial charge < -0.3 is 5.32 Å². The van der Waals surface area contributed by atoms with Crippen molar-refractivity contribution >= 4 is 43.5 Å². The van der Waals surface area contributed by atoms with Crippen molar-refractivity contribution in [2.24, 2.45) is 0 Å². The van der Waals surface area contributed by atoms with Crippen LogP contribution in [0.5, 0.6) is 0 Å². The molecule has 0 aromatic carbocycles. The van der Waals surface area contributed by atoms with E-state index in [0.29, 0.717) is 0 Å². The second kappa shape index (κ2) is 6.14. The molecule has 1 amide bonds. The summed E-state index contributed by atoms with van der Waals surface area (Å²) in [6.45, 7) is 0. The van der Waals surface area contributed by atoms with E-state index in [4.69, 9.17) is 0 Å². The van der Waals surface area contributed by atoms with E-state index in [1.165, 1.54) is 0 Å². The number of carbonyl (C=O) groups excluding carboxylic acids is 1. The molecule has 0 spiro atoms. The minimum atomic E-state index is -0.157. The number of anilines is 1. The first-order valence-corrected chi connectivity index (χ1v) is 6.18. The lowest BCUT2D eigenvalue weighted by Gasteiger charge is -2.08. The van der Waals surface area contributed by atoms with Gasteiger partial charge in [-0.15, -0.1) is 0 Å². The number of amides is 1. The van der Waals surface area contributed by atoms with Gasteiger partial charge in [0, 0.05) is 23.4 Å². The first-order chi connectivity index (χ1) is 6.74. The number of carbonyl (C=O) groups is 1. The van der Waals surface area contributed by atoms with E-state index >= 15 is 0 Å². The fraction of sp³-hybridized carbons (Fsp3) is 0.333. The predicted molar refractivity (Wildman–Crippen MR) is 64.0 cm³/mol. The Morgan fingerprint density at radius 1 is 1.50 bits per heavy atom. The lowest BCUT2D eigenvalue weighted by Crippen LogP contribution is -2.23. The smallest absolute Gasteiger partial charge is 0.238 e. The van der Waals surface area contributed by atoms with Gasteiger partial charge in [0.15, 0.2) is 0 Å². The Kier molecular flexibility index (Phi) is 5.11. The molecule has 0 radical (unpaired) electrons. The molecule has 0 unspecified atom stereocenters. The molecular weight excluding hydrogens is 312 g/mol. The summed E-state index contributed by atoms with van der Waals surface area (Å²) in [5.41, 5.74) is 0.768. The van der Waals surface area contributed by atoms with Gasteiger partial charge in [0.2, 0.25) is 5.91 Å². The fourth-order valence-corrected chi connectivity index (χ4v) is 2.30. The number of aromatic nitrogens is 1. The van der Waals surface area contributed by atoms with E-state index in [1.807, 2.05) is 0 Å². The van der Waals surface area contributed by atoms with Crippen molar-refractivity contribution in [1.29, 1.82) is 0 Å². The number of nitrogens with zero attached hydrogens (tertiary/aromatic N) is 1. The predicted octanol–water partition coefficient (Wildman–Crippen LogP) is 2.57. The highest BCUT2D eigenvalue weighted by Gasteiger charge is 2.13. The van der Waals surface area contributed by atoms with Gasteiger partial charge in [-0.05, 0) is 18.6 Å². The minimum Gasteiger partial charge on any atom is -0.325 e. The van der Waals surface area contributed by atoms with Crippen LogP contribution in [0.2, 0.25) is 0 Å². The average Bonchev–Trinajstić information content (AvgIpc) is 2.19. The van der Waals surface area contributed by atoms with Gasteiger partial charge in [-0.3, -0.25) is 9.78 Å². The molecule has 0 saturated heterocycles. The molecule has 1 aromatic heterocycles. The molecule has 0 aliphatic rings. The monoisotopic (exact) mass is 320 g/mol. The van der Waals surface area contributed by atoms with E-state index in [1.54, 1.807) is 24.5 Å². The van der Waals surface area contributed by atoms with Crippen molar-refractivity contribution in [3.05, 3.63) is 24.5 Å². The molecule has 0 aliphatic heterocycles. The largest absolute Gasteiger partial charge is 0.325 e. The van der Waals surface area contributed by atoms with Gasteiger partial charge in [0.05, 0.1) is 4.83 Å². The van der Waals surface area contributed by atoms with Crippen LogP contribution in [0.25, 0.3) is 0 Å². The summed E-state index contributed by atoms with van der Waals surface area (Å²) in [5.74, 6) is -0.0318. The van der Waals surface area contributed by atoms with Crippen molar-refractivity contribution in [1.82, 2.24) is 4.98 Å². The van der Waals surface area contributed by atoms with Crippen LogP contribution in [-0.2, 0) is 4.79 Å². The number of hydrogen-bond acceptors (Lipinski definition) is 2. The molecular formula is C9H10Br2N2O. The standard InChI is InChI=1S/C9H10Br2N2O/c10-4-1-8(11)9(14)13-7-2-5-12-6-3-7/h2-3,5-6,8H,1,4H2,(H,12,13,14)/t8-/m1/s1. The summed E-state index contributed by atoms with van der Waals surface area (Å²) in [6, 6.07) is 3.51. The molecule has 3 nitrogen and oxygen atoms in total. The Morgan fingerprint density at radius 2 is 2.14 bits per heavy atom. The van der Waals surface area contributed by atoms with Crippen molar-refractivity contribution < 1.29 is 4.79 Å². The van der Waals surface area contributed by atoms with Crippen LogP contribution in [-0.4, -0.2) is 21.0 Å². The van der Waals surface area contributed by atoms with Crippen molar-refractivity contribution in [3.8, 4) is 0 Å². The van der Waals surface area contributed by atoms with E-state index in [9.17, 15) is 4.79 Å². The second-order valence-corrected chi connectivity index (χ2v) is 4.57. The molecule has 1 heterocycles. The maximum absolute atomic E-state index is 11.5. The van der Waals surface area contributed by atoms with Crippen molar-refractivity contribution in [3.63, 3.8) is 0 Å². The van der Waals surface area contributed by atoms with E-state index in [-0.39, 0.29) is 10.7 Å². The summed E-state index contributed by atoms with van der Waals surface area (Å²) in [4.78, 5) is 15.2. The molecule has 0 bridgehead atoms. The summed E-state index contributed by atoms with van der Waals surface area (Å²) < 4.78 is 0. The maximum atomic E-state index is 11.5. The van der Waals surface area contributed by atoms with Gasteiger partial charge >= 0.3 is 0 Å². The zero-order chi connectivity index (χ0) is 10.4. The number of nitrogens with one attached hydrogen (secondary N) is 1. The van der Waals surface area contributed by atoms with Crippen LogP contribution < -0.4 is 5.32 Å². The normalized spacial score (nSPS) is 12.1. The van der Waals surface area contributed by atoms with Crippen molar-refractivity contribution in [2.45, 2.75) is 11.2 Å². The summed E-state index contributed by atoms with van der Waals surface area (Å²) in [6.07, 6.45) is 4.05. The quantitative estimate of drug-likeness (QED) is 0.866. The Labute approximate surface area is 99.6 Å². The minimum absolute atomic E-state index is 0.0318. The van der Waals surface area contributed by atoms with E-state index in [2.05, 4.69) is 42.2 Å².